The largest absolute Gasteiger partial charge is 0.493 e. The van der Waals surface area contributed by atoms with E-state index in [-0.39, 0.29) is 23.9 Å². The van der Waals surface area contributed by atoms with Crippen molar-refractivity contribution in [1.29, 1.82) is 0 Å². The molecule has 1 unspecified atom stereocenters. The third-order valence-corrected chi connectivity index (χ3v) is 5.05. The highest BCUT2D eigenvalue weighted by Gasteiger charge is 2.26. The number of rotatable bonds is 5. The average Bonchev–Trinajstić information content (AvgIpc) is 2.77. The van der Waals surface area contributed by atoms with Crippen LogP contribution in [0.15, 0.2) is 77.8 Å². The predicted octanol–water partition coefficient (Wildman–Crippen LogP) is 4.13. The second-order valence-electron chi connectivity index (χ2n) is 6.82. The molecule has 0 aliphatic carbocycles. The normalized spacial score (nSPS) is 15.8. The Bertz CT molecular complexity index is 979. The standard InChI is InChI=1S/C24H24N2O2.ClH.H2O/c1-27-21-13-19-14-23(25-16-17-9-5-3-6-10-17)26-24(18-11-7-4-8-12-18)20(19)15-22(21)28-2;;/h3-13,15,24H,14,16H2,1-2H3,(H,25,26);1H;1H2. The minimum atomic E-state index is 0. The highest BCUT2D eigenvalue weighted by Crippen LogP contribution is 2.37. The zero-order chi connectivity index (χ0) is 19.3. The number of halogens is 1. The van der Waals surface area contributed by atoms with Crippen LogP contribution >= 0.6 is 12.4 Å². The third kappa shape index (κ3) is 4.93. The van der Waals surface area contributed by atoms with E-state index in [2.05, 4.69) is 53.8 Å². The van der Waals surface area contributed by atoms with Gasteiger partial charge in [-0.3, -0.25) is 4.99 Å². The molecule has 0 amide bonds. The van der Waals surface area contributed by atoms with Crippen LogP contribution in [0.25, 0.3) is 0 Å². The van der Waals surface area contributed by atoms with Crippen molar-refractivity contribution in [3.63, 3.8) is 0 Å². The van der Waals surface area contributed by atoms with Gasteiger partial charge in [0.15, 0.2) is 11.5 Å². The van der Waals surface area contributed by atoms with E-state index in [1.165, 1.54) is 22.3 Å². The van der Waals surface area contributed by atoms with Crippen LogP contribution < -0.4 is 14.8 Å². The number of amidine groups is 1. The second-order valence-corrected chi connectivity index (χ2v) is 6.82. The lowest BCUT2D eigenvalue weighted by molar-refractivity contribution is 0.353. The molecule has 1 atom stereocenters. The molecule has 0 bridgehead atoms. The summed E-state index contributed by atoms with van der Waals surface area (Å²) >= 11 is 0. The van der Waals surface area contributed by atoms with Crippen molar-refractivity contribution in [1.82, 2.24) is 5.32 Å². The first kappa shape index (κ1) is 23.3. The van der Waals surface area contributed by atoms with Gasteiger partial charge in [0.2, 0.25) is 0 Å². The summed E-state index contributed by atoms with van der Waals surface area (Å²) in [5.41, 5.74) is 4.80. The lowest BCUT2D eigenvalue weighted by atomic mass is 9.89. The molecule has 0 radical (unpaired) electrons. The van der Waals surface area contributed by atoms with Crippen LogP contribution in [0.3, 0.4) is 0 Å². The van der Waals surface area contributed by atoms with E-state index >= 15 is 0 Å². The molecule has 158 valence electrons. The maximum atomic E-state index is 5.54. The fourth-order valence-electron chi connectivity index (χ4n) is 3.61. The predicted molar refractivity (Wildman–Crippen MR) is 123 cm³/mol. The van der Waals surface area contributed by atoms with Crippen LogP contribution in [0.5, 0.6) is 11.5 Å². The second kappa shape index (κ2) is 10.7. The fourth-order valence-corrected chi connectivity index (χ4v) is 3.61. The van der Waals surface area contributed by atoms with Gasteiger partial charge in [-0.1, -0.05) is 60.7 Å². The highest BCUT2D eigenvalue weighted by molar-refractivity contribution is 5.88. The summed E-state index contributed by atoms with van der Waals surface area (Å²) in [6.45, 7) is 0.660. The van der Waals surface area contributed by atoms with E-state index in [9.17, 15) is 0 Å². The van der Waals surface area contributed by atoms with E-state index in [0.29, 0.717) is 6.54 Å². The molecule has 0 saturated heterocycles. The maximum absolute atomic E-state index is 5.54. The molecule has 3 N–H and O–H groups in total. The van der Waals surface area contributed by atoms with Crippen LogP contribution in [-0.2, 0) is 13.0 Å². The van der Waals surface area contributed by atoms with E-state index in [4.69, 9.17) is 14.5 Å². The molecule has 0 fully saturated rings. The first-order chi connectivity index (χ1) is 13.8. The summed E-state index contributed by atoms with van der Waals surface area (Å²) in [5, 5.41) is 3.64. The van der Waals surface area contributed by atoms with Gasteiger partial charge in [-0.25, -0.2) is 0 Å². The lowest BCUT2D eigenvalue weighted by Gasteiger charge is -2.30. The number of methoxy groups -OCH3 is 2. The van der Waals surface area contributed by atoms with Gasteiger partial charge in [0.1, 0.15) is 5.84 Å². The molecule has 0 aromatic heterocycles. The fraction of sp³-hybridized carbons (Fsp3) is 0.208. The Balaban J connectivity index is 0.00000160. The van der Waals surface area contributed by atoms with Crippen LogP contribution in [0.1, 0.15) is 28.3 Å². The zero-order valence-corrected chi connectivity index (χ0v) is 17.9. The van der Waals surface area contributed by atoms with Crippen molar-refractivity contribution >= 4 is 18.2 Å². The molecule has 0 spiro atoms. The van der Waals surface area contributed by atoms with Crippen LogP contribution in [-0.4, -0.2) is 25.5 Å². The topological polar surface area (TPSA) is 74.3 Å². The Hall–Kier alpha value is -3.02. The van der Waals surface area contributed by atoms with E-state index < -0.39 is 0 Å². The van der Waals surface area contributed by atoms with Crippen molar-refractivity contribution in [2.75, 3.05) is 14.2 Å². The van der Waals surface area contributed by atoms with Crippen LogP contribution in [0.2, 0.25) is 0 Å². The summed E-state index contributed by atoms with van der Waals surface area (Å²) in [5.74, 6) is 2.48. The van der Waals surface area contributed by atoms with E-state index in [0.717, 1.165) is 23.8 Å². The van der Waals surface area contributed by atoms with Crippen molar-refractivity contribution in [2.24, 2.45) is 4.99 Å². The number of ether oxygens (including phenoxy) is 2. The number of benzene rings is 3. The Morgan fingerprint density at radius 3 is 2.13 bits per heavy atom. The van der Waals surface area contributed by atoms with E-state index in [1.54, 1.807) is 14.2 Å². The number of hydrogen-bond acceptors (Lipinski definition) is 3. The number of fused-ring (bicyclic) bond motifs is 1. The van der Waals surface area contributed by atoms with Gasteiger partial charge in [-0.2, -0.15) is 0 Å². The van der Waals surface area contributed by atoms with Gasteiger partial charge in [-0.05, 0) is 34.4 Å². The maximum Gasteiger partial charge on any atom is 0.161 e. The number of nitrogens with zero attached hydrogens (tertiary/aromatic N) is 1. The molecule has 1 aliphatic heterocycles. The van der Waals surface area contributed by atoms with Crippen LogP contribution in [0, 0.1) is 0 Å². The third-order valence-electron chi connectivity index (χ3n) is 5.05. The first-order valence-electron chi connectivity index (χ1n) is 9.42. The molecular formula is C24H27ClN2O3. The summed E-state index contributed by atoms with van der Waals surface area (Å²) in [6, 6.07) is 24.9. The average molecular weight is 427 g/mol. The van der Waals surface area contributed by atoms with Crippen molar-refractivity contribution in [2.45, 2.75) is 19.0 Å². The van der Waals surface area contributed by atoms with Crippen molar-refractivity contribution in [3.8, 4) is 11.5 Å². The molecule has 30 heavy (non-hydrogen) atoms. The smallest absolute Gasteiger partial charge is 0.161 e. The monoisotopic (exact) mass is 426 g/mol. The summed E-state index contributed by atoms with van der Waals surface area (Å²) in [4.78, 5) is 4.86. The number of aliphatic imine (C=N–C) groups is 1. The number of hydrogen-bond donors (Lipinski definition) is 1. The minimum Gasteiger partial charge on any atom is -0.493 e. The van der Waals surface area contributed by atoms with Gasteiger partial charge in [0.05, 0.1) is 26.8 Å². The number of nitrogens with one attached hydrogen (secondary N) is 1. The zero-order valence-electron chi connectivity index (χ0n) is 17.1. The molecule has 3 aromatic carbocycles. The van der Waals surface area contributed by atoms with Gasteiger partial charge >= 0.3 is 0 Å². The quantitative estimate of drug-likeness (QED) is 0.666. The lowest BCUT2D eigenvalue weighted by Crippen LogP contribution is -2.36. The Morgan fingerprint density at radius 2 is 1.50 bits per heavy atom. The van der Waals surface area contributed by atoms with Crippen molar-refractivity contribution < 1.29 is 14.9 Å². The summed E-state index contributed by atoms with van der Waals surface area (Å²) in [7, 11) is 3.34. The first-order valence-corrected chi connectivity index (χ1v) is 9.42. The highest BCUT2D eigenvalue weighted by atomic mass is 35.5. The molecule has 0 saturated carbocycles. The van der Waals surface area contributed by atoms with E-state index in [1.807, 2.05) is 24.3 Å². The van der Waals surface area contributed by atoms with Gasteiger partial charge in [-0.15, -0.1) is 12.4 Å². The molecule has 1 aliphatic rings. The Labute approximate surface area is 183 Å². The molecule has 1 heterocycles. The minimum absolute atomic E-state index is 0. The summed E-state index contributed by atoms with van der Waals surface area (Å²) in [6.07, 6.45) is 0.742. The van der Waals surface area contributed by atoms with Gasteiger partial charge in [0, 0.05) is 6.42 Å². The Kier molecular flexibility index (Phi) is 8.27. The molecule has 3 aromatic rings. The SMILES string of the molecule is COc1cc2c(cc1OC)C(c1ccccc1)NC(=NCc1ccccc1)C2.Cl.O. The molecule has 5 nitrogen and oxygen atoms in total. The molecule has 4 rings (SSSR count). The van der Waals surface area contributed by atoms with Crippen LogP contribution in [0.4, 0.5) is 0 Å². The Morgan fingerprint density at radius 1 is 0.900 bits per heavy atom. The van der Waals surface area contributed by atoms with Gasteiger partial charge < -0.3 is 20.3 Å². The van der Waals surface area contributed by atoms with Crippen molar-refractivity contribution in [3.05, 3.63) is 95.1 Å². The summed E-state index contributed by atoms with van der Waals surface area (Å²) < 4.78 is 11.1. The molecule has 6 heteroatoms. The van der Waals surface area contributed by atoms with Gasteiger partial charge in [0.25, 0.3) is 0 Å². The molecular weight excluding hydrogens is 400 g/mol.